The maximum absolute atomic E-state index is 13.1. The summed E-state index contributed by atoms with van der Waals surface area (Å²) in [5.41, 5.74) is 8.68. The highest BCUT2D eigenvalue weighted by Gasteiger charge is 2.26. The number of likely N-dealkylation sites (N-methyl/N-ethyl adjacent to an activating group) is 1. The third-order valence-electron chi connectivity index (χ3n) is 8.22. The van der Waals surface area contributed by atoms with Crippen molar-refractivity contribution in [3.05, 3.63) is 81.5 Å². The minimum atomic E-state index is -0.233. The van der Waals surface area contributed by atoms with Crippen LogP contribution in [0.4, 0.5) is 5.69 Å². The molecule has 0 unspecified atom stereocenters. The summed E-state index contributed by atoms with van der Waals surface area (Å²) in [7, 11) is 1.40. The Bertz CT molecular complexity index is 1770. The number of anilines is 1. The molecule has 3 heterocycles. The zero-order valence-electron chi connectivity index (χ0n) is 26.4. The number of nitrogens with one attached hydrogen (secondary N) is 3. The summed E-state index contributed by atoms with van der Waals surface area (Å²) in [6.45, 7) is 11.2. The Kier molecular flexibility index (Phi) is 9.95. The molecule has 0 saturated carbocycles. The van der Waals surface area contributed by atoms with E-state index < -0.39 is 0 Å². The van der Waals surface area contributed by atoms with E-state index in [2.05, 4.69) is 40.4 Å². The first-order valence-electron chi connectivity index (χ1n) is 15.2. The zero-order chi connectivity index (χ0) is 32.1. The molecule has 2 amide bonds. The van der Waals surface area contributed by atoms with Crippen molar-refractivity contribution in [2.75, 3.05) is 38.6 Å². The zero-order valence-corrected chi connectivity index (χ0v) is 27.2. The second-order valence-electron chi connectivity index (χ2n) is 11.0. The summed E-state index contributed by atoms with van der Waals surface area (Å²) < 4.78 is 4.77. The highest BCUT2D eigenvalue weighted by Crippen LogP contribution is 2.38. The highest BCUT2D eigenvalue weighted by molar-refractivity contribution is 7.13. The first-order valence-corrected chi connectivity index (χ1v) is 16.1. The van der Waals surface area contributed by atoms with Gasteiger partial charge in [0.05, 0.1) is 23.9 Å². The molecule has 5 rings (SSSR count). The Morgan fingerprint density at radius 2 is 1.89 bits per heavy atom. The van der Waals surface area contributed by atoms with Gasteiger partial charge in [-0.2, -0.15) is 0 Å². The molecule has 0 fully saturated rings. The van der Waals surface area contributed by atoms with Gasteiger partial charge >= 0.3 is 5.97 Å². The van der Waals surface area contributed by atoms with Gasteiger partial charge < -0.3 is 25.3 Å². The number of aromatic amines is 1. The average Bonchev–Trinajstić information content (AvgIpc) is 3.73. The van der Waals surface area contributed by atoms with Gasteiger partial charge in [-0.3, -0.25) is 14.4 Å². The fourth-order valence-electron chi connectivity index (χ4n) is 5.60. The minimum absolute atomic E-state index is 0.120. The van der Waals surface area contributed by atoms with Crippen LogP contribution in [0.15, 0.2) is 47.8 Å². The van der Waals surface area contributed by atoms with E-state index >= 15 is 0 Å². The third kappa shape index (κ3) is 7.08. The molecule has 0 atom stereocenters. The number of rotatable bonds is 12. The van der Waals surface area contributed by atoms with Gasteiger partial charge in [0.2, 0.25) is 0 Å². The number of thiazole rings is 1. The van der Waals surface area contributed by atoms with E-state index in [1.165, 1.54) is 7.11 Å². The van der Waals surface area contributed by atoms with Gasteiger partial charge in [-0.1, -0.05) is 38.1 Å². The van der Waals surface area contributed by atoms with Gasteiger partial charge in [0.1, 0.15) is 5.01 Å². The number of aryl methyl sites for hydroxylation is 2. The molecule has 45 heavy (non-hydrogen) atoms. The lowest BCUT2D eigenvalue weighted by atomic mass is 10.0. The minimum Gasteiger partial charge on any atom is -0.469 e. The number of benzene rings is 2. The fourth-order valence-corrected chi connectivity index (χ4v) is 6.42. The number of carbonyl (C=O) groups excluding carboxylic acids is 3. The molecular weight excluding hydrogens is 586 g/mol. The molecule has 3 N–H and O–H groups in total. The van der Waals surface area contributed by atoms with E-state index in [9.17, 15) is 14.4 Å². The van der Waals surface area contributed by atoms with E-state index in [-0.39, 0.29) is 17.8 Å². The summed E-state index contributed by atoms with van der Waals surface area (Å²) in [4.78, 5) is 48.2. The van der Waals surface area contributed by atoms with Crippen LogP contribution >= 0.6 is 11.3 Å². The molecule has 1 aliphatic heterocycles. The number of methoxy groups -OCH3 is 1. The van der Waals surface area contributed by atoms with Crippen molar-refractivity contribution in [2.24, 2.45) is 0 Å². The number of carbonyl (C=O) groups is 3. The Morgan fingerprint density at radius 1 is 1.09 bits per heavy atom. The van der Waals surface area contributed by atoms with Gasteiger partial charge in [0.25, 0.3) is 11.8 Å². The lowest BCUT2D eigenvalue weighted by molar-refractivity contribution is -0.140. The molecule has 10 heteroatoms. The maximum Gasteiger partial charge on any atom is 0.305 e. The summed E-state index contributed by atoms with van der Waals surface area (Å²) in [6.07, 6.45) is 2.75. The van der Waals surface area contributed by atoms with Crippen LogP contribution in [-0.2, 0) is 20.7 Å². The number of amides is 2. The van der Waals surface area contributed by atoms with E-state index in [0.29, 0.717) is 30.5 Å². The van der Waals surface area contributed by atoms with Gasteiger partial charge in [0.15, 0.2) is 0 Å². The van der Waals surface area contributed by atoms with E-state index in [0.717, 1.165) is 75.2 Å². The molecule has 234 valence electrons. The van der Waals surface area contributed by atoms with Crippen molar-refractivity contribution in [3.8, 4) is 21.8 Å². The maximum atomic E-state index is 13.1. The van der Waals surface area contributed by atoms with Gasteiger partial charge in [-0.25, -0.2) is 4.98 Å². The second-order valence-corrected chi connectivity index (χ2v) is 11.9. The predicted octanol–water partition coefficient (Wildman–Crippen LogP) is 6.09. The van der Waals surface area contributed by atoms with Crippen LogP contribution in [0, 0.1) is 13.8 Å². The van der Waals surface area contributed by atoms with Crippen LogP contribution in [0.1, 0.15) is 58.7 Å². The first-order chi connectivity index (χ1) is 21.7. The number of H-pyrrole nitrogens is 1. The highest BCUT2D eigenvalue weighted by atomic mass is 32.1. The van der Waals surface area contributed by atoms with Crippen LogP contribution in [0.2, 0.25) is 0 Å². The Hall–Kier alpha value is -4.54. The summed E-state index contributed by atoms with van der Waals surface area (Å²) >= 11 is 1.55. The third-order valence-corrected chi connectivity index (χ3v) is 9.11. The SMILES string of the molecule is CCN(CC)CCNC(=O)c1c(C)[nH]c(/C=C2\C(=O)Nc3ccc(-c4csc(-c5cccc(CCC(=O)OC)c5)n4)cc32)c1C. The lowest BCUT2D eigenvalue weighted by Gasteiger charge is -2.18. The normalized spacial score (nSPS) is 13.3. The number of nitrogens with zero attached hydrogens (tertiary/aromatic N) is 2. The Labute approximate surface area is 267 Å². The van der Waals surface area contributed by atoms with Crippen LogP contribution in [0.3, 0.4) is 0 Å². The first kappa shape index (κ1) is 31.9. The molecule has 0 bridgehead atoms. The molecule has 0 radical (unpaired) electrons. The molecule has 1 aliphatic rings. The van der Waals surface area contributed by atoms with Crippen LogP contribution < -0.4 is 10.6 Å². The number of esters is 1. The van der Waals surface area contributed by atoms with Crippen molar-refractivity contribution in [3.63, 3.8) is 0 Å². The number of ether oxygens (including phenoxy) is 1. The monoisotopic (exact) mass is 625 g/mol. The van der Waals surface area contributed by atoms with Crippen molar-refractivity contribution < 1.29 is 19.1 Å². The molecule has 0 spiro atoms. The Balaban J connectivity index is 1.37. The van der Waals surface area contributed by atoms with E-state index in [1.54, 1.807) is 11.3 Å². The average molecular weight is 626 g/mol. The molecule has 2 aromatic heterocycles. The summed E-state index contributed by atoms with van der Waals surface area (Å²) in [5, 5.41) is 8.89. The van der Waals surface area contributed by atoms with Crippen molar-refractivity contribution >= 4 is 46.5 Å². The number of hydrogen-bond acceptors (Lipinski definition) is 7. The molecule has 9 nitrogen and oxygen atoms in total. The van der Waals surface area contributed by atoms with Crippen LogP contribution in [-0.4, -0.2) is 65.9 Å². The molecule has 2 aromatic carbocycles. The number of aromatic nitrogens is 2. The molecule has 0 aliphatic carbocycles. The van der Waals surface area contributed by atoms with Crippen LogP contribution in [0.5, 0.6) is 0 Å². The summed E-state index contributed by atoms with van der Waals surface area (Å²) in [5.74, 6) is -0.546. The molecule has 0 saturated heterocycles. The molecule has 4 aromatic rings. The largest absolute Gasteiger partial charge is 0.469 e. The van der Waals surface area contributed by atoms with Gasteiger partial charge in [-0.05, 0) is 68.8 Å². The van der Waals surface area contributed by atoms with E-state index in [4.69, 9.17) is 9.72 Å². The van der Waals surface area contributed by atoms with Gasteiger partial charge in [0, 0.05) is 58.7 Å². The summed E-state index contributed by atoms with van der Waals surface area (Å²) in [6, 6.07) is 13.9. The second kappa shape index (κ2) is 14.0. The number of fused-ring (bicyclic) bond motifs is 1. The smallest absolute Gasteiger partial charge is 0.305 e. The number of hydrogen-bond donors (Lipinski definition) is 3. The van der Waals surface area contributed by atoms with Gasteiger partial charge in [-0.15, -0.1) is 11.3 Å². The van der Waals surface area contributed by atoms with Crippen LogP contribution in [0.25, 0.3) is 33.5 Å². The quantitative estimate of drug-likeness (QED) is 0.130. The standard InChI is InChI=1S/C35H39N5O4S/c1-6-40(7-2)16-15-36-34(43)32-21(3)29(37-22(32)4)19-27-26-18-24(12-13-28(26)38-33(27)42)30-20-45-35(39-30)25-10-8-9-23(17-25)11-14-31(41)44-5/h8-10,12-13,17-20,37H,6-7,11,14-16H2,1-5H3,(H,36,43)(H,38,42)/b27-19-. The van der Waals surface area contributed by atoms with Crippen molar-refractivity contribution in [1.82, 2.24) is 20.2 Å². The topological polar surface area (TPSA) is 116 Å². The van der Waals surface area contributed by atoms with Crippen molar-refractivity contribution in [1.29, 1.82) is 0 Å². The lowest BCUT2D eigenvalue weighted by Crippen LogP contribution is -2.35. The van der Waals surface area contributed by atoms with Crippen molar-refractivity contribution in [2.45, 2.75) is 40.5 Å². The molecular formula is C35H39N5O4S. The Morgan fingerprint density at radius 3 is 2.64 bits per heavy atom. The van der Waals surface area contributed by atoms with E-state index in [1.807, 2.05) is 61.7 Å². The predicted molar refractivity (Wildman–Crippen MR) is 180 cm³/mol. The fraction of sp³-hybridized carbons (Fsp3) is 0.314.